The Labute approximate surface area is 257 Å². The zero-order valence-corrected chi connectivity index (χ0v) is 25.5. The van der Waals surface area contributed by atoms with Gasteiger partial charge in [0.15, 0.2) is 11.6 Å². The molecule has 45 heavy (non-hydrogen) atoms. The Bertz CT molecular complexity index is 1740. The summed E-state index contributed by atoms with van der Waals surface area (Å²) in [5, 5.41) is 2.98. The topological polar surface area (TPSA) is 101 Å². The highest BCUT2D eigenvalue weighted by atomic mass is 19.3. The Morgan fingerprint density at radius 1 is 1.07 bits per heavy atom. The first-order valence-electron chi connectivity index (χ1n) is 14.7. The molecule has 1 aromatic carbocycles. The van der Waals surface area contributed by atoms with Crippen molar-refractivity contribution in [3.8, 4) is 11.3 Å². The summed E-state index contributed by atoms with van der Waals surface area (Å²) in [4.78, 5) is 32.9. The van der Waals surface area contributed by atoms with E-state index in [2.05, 4.69) is 30.2 Å². The molecule has 5 heterocycles. The van der Waals surface area contributed by atoms with Crippen molar-refractivity contribution >= 4 is 28.7 Å². The average Bonchev–Trinajstić information content (AvgIpc) is 3.30. The lowest BCUT2D eigenvalue weighted by molar-refractivity contribution is -0.174. The van der Waals surface area contributed by atoms with Gasteiger partial charge in [-0.15, -0.1) is 0 Å². The number of carbonyl (C=O) groups excluding carboxylic acids is 1. The number of benzene rings is 1. The minimum Gasteiger partial charge on any atom is -0.372 e. The summed E-state index contributed by atoms with van der Waals surface area (Å²) in [6.45, 7) is 8.52. The number of fused-ring (bicyclic) bond motifs is 1. The van der Waals surface area contributed by atoms with Gasteiger partial charge in [-0.25, -0.2) is 37.5 Å². The van der Waals surface area contributed by atoms with E-state index < -0.39 is 36.2 Å². The maximum atomic E-state index is 15.0. The molecule has 1 N–H and O–H groups in total. The van der Waals surface area contributed by atoms with Crippen molar-refractivity contribution in [2.75, 3.05) is 38.1 Å². The number of hydrogen-bond acceptors (Lipinski definition) is 8. The summed E-state index contributed by atoms with van der Waals surface area (Å²) in [6, 6.07) is 6.54. The summed E-state index contributed by atoms with van der Waals surface area (Å²) in [6.07, 6.45) is 2.74. The van der Waals surface area contributed by atoms with Gasteiger partial charge in [-0.2, -0.15) is 0 Å². The number of nitrogens with zero attached hydrogens (tertiary/aromatic N) is 7. The predicted octanol–water partition coefficient (Wildman–Crippen LogP) is 5.26. The van der Waals surface area contributed by atoms with Gasteiger partial charge in [0.2, 0.25) is 11.9 Å². The number of imidazole rings is 1. The molecule has 0 radical (unpaired) electrons. The van der Waals surface area contributed by atoms with Gasteiger partial charge < -0.3 is 19.5 Å². The molecule has 0 aliphatic carbocycles. The van der Waals surface area contributed by atoms with Crippen molar-refractivity contribution in [3.05, 3.63) is 59.7 Å². The summed E-state index contributed by atoms with van der Waals surface area (Å²) >= 11 is 0. The highest BCUT2D eigenvalue weighted by Gasteiger charge is 2.47. The first-order valence-corrected chi connectivity index (χ1v) is 14.7. The van der Waals surface area contributed by atoms with E-state index >= 15 is 4.39 Å². The van der Waals surface area contributed by atoms with Gasteiger partial charge >= 0.3 is 0 Å². The predicted molar refractivity (Wildman–Crippen MR) is 159 cm³/mol. The van der Waals surface area contributed by atoms with Crippen LogP contribution in [-0.2, 0) is 16.1 Å². The maximum Gasteiger partial charge on any atom is 0.282 e. The Hall–Kier alpha value is -4.17. The van der Waals surface area contributed by atoms with E-state index in [1.165, 1.54) is 6.07 Å². The van der Waals surface area contributed by atoms with Crippen LogP contribution in [0.3, 0.4) is 0 Å². The second-order valence-electron chi connectivity index (χ2n) is 12.3. The van der Waals surface area contributed by atoms with Gasteiger partial charge in [0.1, 0.15) is 22.9 Å². The van der Waals surface area contributed by atoms with Gasteiger partial charge in [0.05, 0.1) is 43.4 Å². The van der Waals surface area contributed by atoms with Crippen LogP contribution in [0.4, 0.5) is 29.3 Å². The van der Waals surface area contributed by atoms with Gasteiger partial charge in [-0.05, 0) is 51.5 Å². The van der Waals surface area contributed by atoms with Gasteiger partial charge in [0, 0.05) is 37.4 Å². The molecule has 1 atom stereocenters. The standard InChI is InChI=1S/C31H34F4N8O2/c1-18(2)43-19(3)38-28-22(32)9-21(10-24(28)43)27-23(33)13-37-29(40-27)39-25-6-5-20(12-36-25)14-41-7-8-45-30(4,15-41)11-26(44)42-16-31(34,35)17-42/h5-6,9-10,12-13,18H,7-8,11,14-17H2,1-4H3,(H,36,37,39,40)/t30-/m1/s1. The lowest BCUT2D eigenvalue weighted by Crippen LogP contribution is -2.60. The summed E-state index contributed by atoms with van der Waals surface area (Å²) in [5.41, 5.74) is 1.09. The van der Waals surface area contributed by atoms with E-state index in [4.69, 9.17) is 4.74 Å². The van der Waals surface area contributed by atoms with E-state index in [0.717, 1.165) is 16.7 Å². The smallest absolute Gasteiger partial charge is 0.282 e. The summed E-state index contributed by atoms with van der Waals surface area (Å²) in [7, 11) is 0. The molecule has 1 amide bonds. The number of aryl methyl sites for hydroxylation is 1. The number of morpholine rings is 1. The van der Waals surface area contributed by atoms with Crippen LogP contribution < -0.4 is 5.32 Å². The number of halogens is 4. The highest BCUT2D eigenvalue weighted by Crippen LogP contribution is 2.32. The van der Waals surface area contributed by atoms with Crippen LogP contribution in [0.15, 0.2) is 36.7 Å². The van der Waals surface area contributed by atoms with Crippen LogP contribution in [0.1, 0.15) is 44.6 Å². The van der Waals surface area contributed by atoms with Crippen LogP contribution in [0, 0.1) is 18.6 Å². The Balaban J connectivity index is 1.12. The molecule has 2 aliphatic heterocycles. The van der Waals surface area contributed by atoms with Gasteiger partial charge in [0.25, 0.3) is 5.92 Å². The average molecular weight is 627 g/mol. The zero-order valence-electron chi connectivity index (χ0n) is 25.5. The molecule has 0 unspecified atom stereocenters. The second-order valence-corrected chi connectivity index (χ2v) is 12.3. The fourth-order valence-electron chi connectivity index (χ4n) is 6.03. The van der Waals surface area contributed by atoms with Crippen LogP contribution in [0.5, 0.6) is 0 Å². The maximum absolute atomic E-state index is 15.0. The molecule has 2 saturated heterocycles. The van der Waals surface area contributed by atoms with Crippen molar-refractivity contribution in [1.82, 2.24) is 34.3 Å². The molecule has 10 nitrogen and oxygen atoms in total. The van der Waals surface area contributed by atoms with Crippen LogP contribution in [0.25, 0.3) is 22.3 Å². The fraction of sp³-hybridized carbons (Fsp3) is 0.452. The monoisotopic (exact) mass is 626 g/mol. The molecule has 0 spiro atoms. The Morgan fingerprint density at radius 3 is 2.53 bits per heavy atom. The Kier molecular flexibility index (Phi) is 7.98. The number of nitrogens with one attached hydrogen (secondary N) is 1. The van der Waals surface area contributed by atoms with E-state index in [1.54, 1.807) is 25.3 Å². The molecular formula is C31H34F4N8O2. The minimum atomic E-state index is -2.80. The fourth-order valence-corrected chi connectivity index (χ4v) is 6.03. The molecule has 4 aromatic rings. The van der Waals surface area contributed by atoms with Gasteiger partial charge in [-0.1, -0.05) is 6.07 Å². The first kappa shape index (κ1) is 30.8. The number of amides is 1. The second kappa shape index (κ2) is 11.6. The van der Waals surface area contributed by atoms with E-state index in [-0.39, 0.29) is 41.1 Å². The number of carbonyl (C=O) groups is 1. The van der Waals surface area contributed by atoms with Crippen LogP contribution >= 0.6 is 0 Å². The quantitative estimate of drug-likeness (QED) is 0.265. The lowest BCUT2D eigenvalue weighted by Gasteiger charge is -2.43. The van der Waals surface area contributed by atoms with Crippen molar-refractivity contribution in [1.29, 1.82) is 0 Å². The number of alkyl halides is 2. The largest absolute Gasteiger partial charge is 0.372 e. The number of rotatable bonds is 8. The number of aromatic nitrogens is 5. The van der Waals surface area contributed by atoms with Crippen LogP contribution in [-0.4, -0.2) is 84.5 Å². The third kappa shape index (κ3) is 6.47. The van der Waals surface area contributed by atoms with E-state index in [1.807, 2.05) is 31.4 Å². The van der Waals surface area contributed by atoms with Crippen LogP contribution in [0.2, 0.25) is 0 Å². The number of hydrogen-bond donors (Lipinski definition) is 1. The molecule has 14 heteroatoms. The molecule has 0 bridgehead atoms. The number of anilines is 2. The Morgan fingerprint density at radius 2 is 1.84 bits per heavy atom. The SMILES string of the molecule is Cc1nc2c(F)cc(-c3nc(Nc4ccc(CN5CCO[C@](C)(CC(=O)N6CC(F)(F)C6)C5)cn4)ncc3F)cc2n1C(C)C. The summed E-state index contributed by atoms with van der Waals surface area (Å²) in [5.74, 6) is -3.23. The van der Waals surface area contributed by atoms with E-state index in [0.29, 0.717) is 43.4 Å². The number of pyridine rings is 1. The van der Waals surface area contributed by atoms with Crippen molar-refractivity contribution in [2.24, 2.45) is 0 Å². The molecular weight excluding hydrogens is 592 g/mol. The highest BCUT2D eigenvalue weighted by molar-refractivity contribution is 5.83. The molecule has 0 saturated carbocycles. The molecule has 6 rings (SSSR count). The van der Waals surface area contributed by atoms with E-state index in [9.17, 15) is 18.0 Å². The summed E-state index contributed by atoms with van der Waals surface area (Å²) < 4.78 is 64.1. The minimum absolute atomic E-state index is 0.0247. The molecule has 2 fully saturated rings. The number of ether oxygens (including phenoxy) is 1. The first-order chi connectivity index (χ1) is 21.3. The van der Waals surface area contributed by atoms with Crippen molar-refractivity contribution in [2.45, 2.75) is 58.2 Å². The van der Waals surface area contributed by atoms with Crippen molar-refractivity contribution in [3.63, 3.8) is 0 Å². The van der Waals surface area contributed by atoms with Crippen molar-refractivity contribution < 1.29 is 27.1 Å². The zero-order chi connectivity index (χ0) is 32.1. The molecule has 2 aliphatic rings. The molecule has 3 aromatic heterocycles. The lowest BCUT2D eigenvalue weighted by atomic mass is 9.97. The number of likely N-dealkylation sites (tertiary alicyclic amines) is 1. The third-order valence-electron chi connectivity index (χ3n) is 8.07. The third-order valence-corrected chi connectivity index (χ3v) is 8.07. The normalized spacial score (nSPS) is 20.1. The molecule has 238 valence electrons. The van der Waals surface area contributed by atoms with Gasteiger partial charge in [-0.3, -0.25) is 9.69 Å².